The molecule has 0 radical (unpaired) electrons. The fourth-order valence-electron chi connectivity index (χ4n) is 1.49. The average molecular weight is 232 g/mol. The second kappa shape index (κ2) is 4.76. The van der Waals surface area contributed by atoms with E-state index in [0.717, 1.165) is 22.7 Å². The Morgan fingerprint density at radius 1 is 1.31 bits per heavy atom. The molecule has 1 unspecified atom stereocenters. The lowest BCUT2D eigenvalue weighted by molar-refractivity contribution is 0.693. The molecule has 1 heterocycles. The molecule has 0 spiro atoms. The number of hydrogen-bond acceptors (Lipinski definition) is 3. The molecule has 84 valence electrons. The van der Waals surface area contributed by atoms with Crippen LogP contribution in [0.15, 0.2) is 29.6 Å². The van der Waals surface area contributed by atoms with E-state index in [1.165, 1.54) is 5.56 Å². The van der Waals surface area contributed by atoms with Crippen LogP contribution in [0.5, 0.6) is 0 Å². The van der Waals surface area contributed by atoms with Crippen LogP contribution in [0, 0.1) is 6.92 Å². The Bertz CT molecular complexity index is 459. The number of hydrogen-bond donors (Lipinski definition) is 1. The summed E-state index contributed by atoms with van der Waals surface area (Å²) in [6.07, 6.45) is 0.931. The van der Waals surface area contributed by atoms with Gasteiger partial charge in [0.25, 0.3) is 0 Å². The summed E-state index contributed by atoms with van der Waals surface area (Å²) in [5.74, 6) is 0. The van der Waals surface area contributed by atoms with Gasteiger partial charge in [-0.25, -0.2) is 4.98 Å². The summed E-state index contributed by atoms with van der Waals surface area (Å²) in [5.41, 5.74) is 9.42. The largest absolute Gasteiger partial charge is 0.322 e. The van der Waals surface area contributed by atoms with Crippen LogP contribution in [0.25, 0.3) is 11.3 Å². The number of nitrogens with zero attached hydrogens (tertiary/aromatic N) is 1. The molecule has 0 amide bonds. The minimum absolute atomic E-state index is 0.0733. The SMILES string of the molecule is CCC(N)c1nc(-c2ccc(C)cc2)cs1. The average Bonchev–Trinajstić information content (AvgIpc) is 2.78. The van der Waals surface area contributed by atoms with Gasteiger partial charge in [-0.2, -0.15) is 0 Å². The van der Waals surface area contributed by atoms with Crippen LogP contribution in [-0.4, -0.2) is 4.98 Å². The number of nitrogens with two attached hydrogens (primary N) is 1. The molecule has 0 aliphatic carbocycles. The lowest BCUT2D eigenvalue weighted by atomic mass is 10.1. The zero-order valence-electron chi connectivity index (χ0n) is 9.60. The Hall–Kier alpha value is -1.19. The highest BCUT2D eigenvalue weighted by Crippen LogP contribution is 2.25. The van der Waals surface area contributed by atoms with Gasteiger partial charge in [-0.1, -0.05) is 36.8 Å². The van der Waals surface area contributed by atoms with E-state index in [-0.39, 0.29) is 6.04 Å². The normalized spacial score (nSPS) is 12.7. The van der Waals surface area contributed by atoms with Gasteiger partial charge in [0.1, 0.15) is 5.01 Å². The van der Waals surface area contributed by atoms with Crippen molar-refractivity contribution in [3.8, 4) is 11.3 Å². The van der Waals surface area contributed by atoms with Gasteiger partial charge in [0.2, 0.25) is 0 Å². The molecule has 2 aromatic rings. The van der Waals surface area contributed by atoms with Crippen molar-refractivity contribution < 1.29 is 0 Å². The first kappa shape index (κ1) is 11.3. The second-order valence-electron chi connectivity index (χ2n) is 3.95. The topological polar surface area (TPSA) is 38.9 Å². The van der Waals surface area contributed by atoms with E-state index in [2.05, 4.69) is 48.5 Å². The number of benzene rings is 1. The molecule has 0 aliphatic rings. The lowest BCUT2D eigenvalue weighted by Crippen LogP contribution is -2.07. The van der Waals surface area contributed by atoms with Crippen molar-refractivity contribution in [1.82, 2.24) is 4.98 Å². The molecule has 0 saturated carbocycles. The van der Waals surface area contributed by atoms with Gasteiger partial charge in [0, 0.05) is 10.9 Å². The summed E-state index contributed by atoms with van der Waals surface area (Å²) in [6.45, 7) is 4.17. The minimum atomic E-state index is 0.0733. The van der Waals surface area contributed by atoms with Crippen molar-refractivity contribution in [2.75, 3.05) is 0 Å². The Morgan fingerprint density at radius 3 is 2.62 bits per heavy atom. The van der Waals surface area contributed by atoms with E-state index in [1.807, 2.05) is 0 Å². The summed E-state index contributed by atoms with van der Waals surface area (Å²) in [5, 5.41) is 3.10. The zero-order valence-corrected chi connectivity index (χ0v) is 10.4. The Morgan fingerprint density at radius 2 is 2.00 bits per heavy atom. The first-order valence-electron chi connectivity index (χ1n) is 5.48. The van der Waals surface area contributed by atoms with Crippen LogP contribution >= 0.6 is 11.3 Å². The fourth-order valence-corrected chi connectivity index (χ4v) is 2.40. The van der Waals surface area contributed by atoms with Crippen LogP contribution in [0.4, 0.5) is 0 Å². The summed E-state index contributed by atoms with van der Waals surface area (Å²) in [7, 11) is 0. The molecule has 1 aromatic carbocycles. The third-order valence-corrected chi connectivity index (χ3v) is 3.60. The highest BCUT2D eigenvalue weighted by Gasteiger charge is 2.09. The van der Waals surface area contributed by atoms with E-state index >= 15 is 0 Å². The van der Waals surface area contributed by atoms with Crippen LogP contribution in [0.3, 0.4) is 0 Å². The van der Waals surface area contributed by atoms with Gasteiger partial charge in [-0.15, -0.1) is 11.3 Å². The molecular weight excluding hydrogens is 216 g/mol. The number of aryl methyl sites for hydroxylation is 1. The van der Waals surface area contributed by atoms with Crippen molar-refractivity contribution in [1.29, 1.82) is 0 Å². The molecule has 0 aliphatic heterocycles. The lowest BCUT2D eigenvalue weighted by Gasteiger charge is -2.02. The van der Waals surface area contributed by atoms with Gasteiger partial charge in [-0.3, -0.25) is 0 Å². The molecular formula is C13H16N2S. The first-order valence-corrected chi connectivity index (χ1v) is 6.36. The Balaban J connectivity index is 2.28. The highest BCUT2D eigenvalue weighted by molar-refractivity contribution is 7.10. The molecule has 3 heteroatoms. The molecule has 1 atom stereocenters. The van der Waals surface area contributed by atoms with Gasteiger partial charge < -0.3 is 5.73 Å². The zero-order chi connectivity index (χ0) is 11.5. The minimum Gasteiger partial charge on any atom is -0.322 e. The van der Waals surface area contributed by atoms with Crippen molar-refractivity contribution in [3.63, 3.8) is 0 Å². The van der Waals surface area contributed by atoms with E-state index in [1.54, 1.807) is 11.3 Å². The molecule has 0 bridgehead atoms. The monoisotopic (exact) mass is 232 g/mol. The third kappa shape index (κ3) is 2.31. The molecule has 2 rings (SSSR count). The molecule has 1 aromatic heterocycles. The number of aromatic nitrogens is 1. The Labute approximate surface area is 100 Å². The van der Waals surface area contributed by atoms with E-state index in [0.29, 0.717) is 0 Å². The maximum atomic E-state index is 5.96. The quantitative estimate of drug-likeness (QED) is 0.879. The van der Waals surface area contributed by atoms with Crippen molar-refractivity contribution in [2.45, 2.75) is 26.3 Å². The van der Waals surface area contributed by atoms with Crippen LogP contribution in [-0.2, 0) is 0 Å². The smallest absolute Gasteiger partial charge is 0.110 e. The van der Waals surface area contributed by atoms with Crippen molar-refractivity contribution >= 4 is 11.3 Å². The first-order chi connectivity index (χ1) is 7.70. The van der Waals surface area contributed by atoms with Gasteiger partial charge in [-0.05, 0) is 13.3 Å². The summed E-state index contributed by atoms with van der Waals surface area (Å²) < 4.78 is 0. The summed E-state index contributed by atoms with van der Waals surface area (Å²) in [6, 6.07) is 8.49. The van der Waals surface area contributed by atoms with Gasteiger partial charge >= 0.3 is 0 Å². The van der Waals surface area contributed by atoms with Gasteiger partial charge in [0.15, 0.2) is 0 Å². The van der Waals surface area contributed by atoms with Crippen LogP contribution in [0.2, 0.25) is 0 Å². The molecule has 0 saturated heterocycles. The van der Waals surface area contributed by atoms with Crippen molar-refractivity contribution in [3.05, 3.63) is 40.2 Å². The predicted octanol–water partition coefficient (Wildman–Crippen LogP) is 3.53. The van der Waals surface area contributed by atoms with E-state index in [4.69, 9.17) is 5.73 Å². The molecule has 2 nitrogen and oxygen atoms in total. The van der Waals surface area contributed by atoms with Gasteiger partial charge in [0.05, 0.1) is 11.7 Å². The maximum Gasteiger partial charge on any atom is 0.110 e. The van der Waals surface area contributed by atoms with Crippen LogP contribution < -0.4 is 5.73 Å². The molecule has 0 fully saturated rings. The maximum absolute atomic E-state index is 5.96. The van der Waals surface area contributed by atoms with Crippen molar-refractivity contribution in [2.24, 2.45) is 5.73 Å². The third-order valence-electron chi connectivity index (χ3n) is 2.63. The van der Waals surface area contributed by atoms with E-state index < -0.39 is 0 Å². The van der Waals surface area contributed by atoms with Crippen LogP contribution in [0.1, 0.15) is 30.0 Å². The molecule has 2 N–H and O–H groups in total. The molecule has 16 heavy (non-hydrogen) atoms. The standard InChI is InChI=1S/C13H16N2S/c1-3-11(14)13-15-12(8-16-13)10-6-4-9(2)5-7-10/h4-8,11H,3,14H2,1-2H3. The fraction of sp³-hybridized carbons (Fsp3) is 0.308. The Kier molecular flexibility index (Phi) is 3.36. The van der Waals surface area contributed by atoms with E-state index in [9.17, 15) is 0 Å². The number of thiazole rings is 1. The summed E-state index contributed by atoms with van der Waals surface area (Å²) >= 11 is 1.65. The highest BCUT2D eigenvalue weighted by atomic mass is 32.1. The summed E-state index contributed by atoms with van der Waals surface area (Å²) in [4.78, 5) is 4.57. The number of rotatable bonds is 3. The second-order valence-corrected chi connectivity index (χ2v) is 4.84. The predicted molar refractivity (Wildman–Crippen MR) is 69.5 cm³/mol.